The van der Waals surface area contributed by atoms with Gasteiger partial charge in [-0.3, -0.25) is 0 Å². The maximum absolute atomic E-state index is 9.35. The second-order valence-electron chi connectivity index (χ2n) is 4.91. The molecule has 1 N–H and O–H groups in total. The van der Waals surface area contributed by atoms with Gasteiger partial charge in [0, 0.05) is 5.92 Å². The third kappa shape index (κ3) is 1.72. The molecule has 1 aliphatic carbocycles. The van der Waals surface area contributed by atoms with Gasteiger partial charge in [-0.2, -0.15) is 0 Å². The zero-order valence-electron chi connectivity index (χ0n) is 9.93. The van der Waals surface area contributed by atoms with E-state index in [0.29, 0.717) is 17.6 Å². The first-order valence-corrected chi connectivity index (χ1v) is 6.13. The predicted molar refractivity (Wildman–Crippen MR) is 69.4 cm³/mol. The second-order valence-corrected chi connectivity index (χ2v) is 4.91. The van der Waals surface area contributed by atoms with Crippen molar-refractivity contribution in [1.29, 1.82) is 0 Å². The van der Waals surface area contributed by atoms with E-state index in [0.717, 1.165) is 0 Å². The summed E-state index contributed by atoms with van der Waals surface area (Å²) in [5, 5.41) is 9.35. The molecule has 0 aliphatic heterocycles. The summed E-state index contributed by atoms with van der Waals surface area (Å²) >= 11 is 0. The quantitative estimate of drug-likeness (QED) is 0.775. The van der Waals surface area contributed by atoms with Crippen LogP contribution in [0.1, 0.15) is 41.9 Å². The maximum Gasteiger partial charge on any atom is 0.115 e. The largest absolute Gasteiger partial charge is 0.508 e. The lowest BCUT2D eigenvalue weighted by atomic mass is 9.93. The molecule has 0 heterocycles. The average molecular weight is 224 g/mol. The Morgan fingerprint density at radius 1 is 0.941 bits per heavy atom. The van der Waals surface area contributed by atoms with Gasteiger partial charge in [-0.1, -0.05) is 43.3 Å². The van der Waals surface area contributed by atoms with Crippen LogP contribution in [0.5, 0.6) is 5.75 Å². The molecule has 2 aromatic rings. The van der Waals surface area contributed by atoms with Gasteiger partial charge in [0.15, 0.2) is 0 Å². The Hall–Kier alpha value is -1.76. The number of fused-ring (bicyclic) bond motifs is 1. The van der Waals surface area contributed by atoms with Crippen molar-refractivity contribution in [1.82, 2.24) is 0 Å². The normalized spacial score (nSPS) is 22.4. The van der Waals surface area contributed by atoms with Crippen molar-refractivity contribution in [3.05, 3.63) is 65.2 Å². The van der Waals surface area contributed by atoms with Crippen LogP contribution < -0.4 is 0 Å². The van der Waals surface area contributed by atoms with Crippen LogP contribution in [0.4, 0.5) is 0 Å². The molecule has 0 spiro atoms. The summed E-state index contributed by atoms with van der Waals surface area (Å²) < 4.78 is 0. The Labute approximate surface area is 102 Å². The zero-order chi connectivity index (χ0) is 11.8. The minimum absolute atomic E-state index is 0.341. The first kappa shape index (κ1) is 10.4. The first-order valence-electron chi connectivity index (χ1n) is 6.13. The van der Waals surface area contributed by atoms with Gasteiger partial charge in [0.25, 0.3) is 0 Å². The molecular formula is C16H16O. The minimum atomic E-state index is 0.341. The third-order valence-electron chi connectivity index (χ3n) is 3.79. The fraction of sp³-hybridized carbons (Fsp3) is 0.250. The molecule has 3 rings (SSSR count). The number of hydrogen-bond donors (Lipinski definition) is 1. The van der Waals surface area contributed by atoms with E-state index in [2.05, 4.69) is 31.2 Å². The zero-order valence-corrected chi connectivity index (χ0v) is 9.93. The molecule has 0 saturated heterocycles. The van der Waals surface area contributed by atoms with E-state index in [1.54, 1.807) is 12.1 Å². The summed E-state index contributed by atoms with van der Waals surface area (Å²) in [6, 6.07) is 16.3. The Morgan fingerprint density at radius 3 is 2.29 bits per heavy atom. The Morgan fingerprint density at radius 2 is 1.59 bits per heavy atom. The van der Waals surface area contributed by atoms with Crippen molar-refractivity contribution >= 4 is 0 Å². The van der Waals surface area contributed by atoms with Crippen molar-refractivity contribution in [2.45, 2.75) is 25.2 Å². The topological polar surface area (TPSA) is 20.2 Å². The van der Waals surface area contributed by atoms with Gasteiger partial charge >= 0.3 is 0 Å². The SMILES string of the molecule is CC1CC(c2ccc(O)cc2)c2ccccc21. The minimum Gasteiger partial charge on any atom is -0.508 e. The molecular weight excluding hydrogens is 208 g/mol. The molecule has 1 nitrogen and oxygen atoms in total. The van der Waals surface area contributed by atoms with E-state index in [4.69, 9.17) is 0 Å². The van der Waals surface area contributed by atoms with Crippen LogP contribution >= 0.6 is 0 Å². The van der Waals surface area contributed by atoms with Gasteiger partial charge < -0.3 is 5.11 Å². The van der Waals surface area contributed by atoms with E-state index >= 15 is 0 Å². The molecule has 17 heavy (non-hydrogen) atoms. The van der Waals surface area contributed by atoms with Gasteiger partial charge in [0.1, 0.15) is 5.75 Å². The van der Waals surface area contributed by atoms with E-state index in [1.165, 1.54) is 23.1 Å². The van der Waals surface area contributed by atoms with E-state index in [-0.39, 0.29) is 0 Å². The molecule has 0 aromatic heterocycles. The number of hydrogen-bond acceptors (Lipinski definition) is 1. The smallest absolute Gasteiger partial charge is 0.115 e. The van der Waals surface area contributed by atoms with Gasteiger partial charge in [0.2, 0.25) is 0 Å². The number of phenolic OH excluding ortho intramolecular Hbond substituents is 1. The lowest BCUT2D eigenvalue weighted by Crippen LogP contribution is -1.95. The summed E-state index contributed by atoms with van der Waals surface area (Å²) in [6.45, 7) is 2.29. The first-order chi connectivity index (χ1) is 8.25. The highest BCUT2D eigenvalue weighted by atomic mass is 16.3. The predicted octanol–water partition coefficient (Wildman–Crippen LogP) is 4.03. The summed E-state index contributed by atoms with van der Waals surface area (Å²) in [4.78, 5) is 0. The van der Waals surface area contributed by atoms with E-state index in [9.17, 15) is 5.11 Å². The molecule has 2 aromatic carbocycles. The van der Waals surface area contributed by atoms with Gasteiger partial charge in [-0.05, 0) is 41.2 Å². The molecule has 1 heteroatoms. The molecule has 0 bridgehead atoms. The molecule has 0 radical (unpaired) electrons. The fourth-order valence-electron chi connectivity index (χ4n) is 2.91. The number of benzene rings is 2. The number of phenols is 1. The van der Waals surface area contributed by atoms with E-state index < -0.39 is 0 Å². The van der Waals surface area contributed by atoms with E-state index in [1.807, 2.05) is 12.1 Å². The van der Waals surface area contributed by atoms with Crippen LogP contribution in [-0.2, 0) is 0 Å². The van der Waals surface area contributed by atoms with Crippen molar-refractivity contribution < 1.29 is 5.11 Å². The fourth-order valence-corrected chi connectivity index (χ4v) is 2.91. The molecule has 2 atom stereocenters. The third-order valence-corrected chi connectivity index (χ3v) is 3.79. The van der Waals surface area contributed by atoms with Gasteiger partial charge in [-0.15, -0.1) is 0 Å². The Balaban J connectivity index is 2.04. The summed E-state index contributed by atoms with van der Waals surface area (Å²) in [5.74, 6) is 1.46. The molecule has 86 valence electrons. The molecule has 0 amide bonds. The van der Waals surface area contributed by atoms with Crippen molar-refractivity contribution in [2.24, 2.45) is 0 Å². The highest BCUT2D eigenvalue weighted by molar-refractivity contribution is 5.45. The summed E-state index contributed by atoms with van der Waals surface area (Å²) in [5.41, 5.74) is 4.23. The molecule has 2 unspecified atom stereocenters. The summed E-state index contributed by atoms with van der Waals surface area (Å²) in [6.07, 6.45) is 1.17. The van der Waals surface area contributed by atoms with Gasteiger partial charge in [-0.25, -0.2) is 0 Å². The molecule has 1 aliphatic rings. The lowest BCUT2D eigenvalue weighted by molar-refractivity contribution is 0.475. The number of aromatic hydroxyl groups is 1. The summed E-state index contributed by atoms with van der Waals surface area (Å²) in [7, 11) is 0. The van der Waals surface area contributed by atoms with Crippen LogP contribution in [0.2, 0.25) is 0 Å². The number of rotatable bonds is 1. The lowest BCUT2D eigenvalue weighted by Gasteiger charge is -2.12. The Kier molecular flexibility index (Phi) is 2.40. The monoisotopic (exact) mass is 224 g/mol. The maximum atomic E-state index is 9.35. The second kappa shape index (κ2) is 3.92. The van der Waals surface area contributed by atoms with Crippen LogP contribution in [-0.4, -0.2) is 5.11 Å². The van der Waals surface area contributed by atoms with Crippen LogP contribution in [0.3, 0.4) is 0 Å². The van der Waals surface area contributed by atoms with Crippen molar-refractivity contribution in [3.63, 3.8) is 0 Å². The molecule has 0 fully saturated rings. The van der Waals surface area contributed by atoms with Crippen molar-refractivity contribution in [3.8, 4) is 5.75 Å². The van der Waals surface area contributed by atoms with Crippen LogP contribution in [0.15, 0.2) is 48.5 Å². The standard InChI is InChI=1S/C16H16O/c1-11-10-16(12-6-8-13(17)9-7-12)15-5-3-2-4-14(11)15/h2-9,11,16-17H,10H2,1H3. The highest BCUT2D eigenvalue weighted by Gasteiger charge is 2.28. The highest BCUT2D eigenvalue weighted by Crippen LogP contribution is 2.44. The molecule has 0 saturated carbocycles. The Bertz CT molecular complexity index is 527. The van der Waals surface area contributed by atoms with Gasteiger partial charge in [0.05, 0.1) is 0 Å². The van der Waals surface area contributed by atoms with Crippen LogP contribution in [0, 0.1) is 0 Å². The average Bonchev–Trinajstić information content (AvgIpc) is 2.69. The van der Waals surface area contributed by atoms with Crippen LogP contribution in [0.25, 0.3) is 0 Å². The van der Waals surface area contributed by atoms with Crippen molar-refractivity contribution in [2.75, 3.05) is 0 Å².